The number of benzene rings is 1. The molecule has 3 nitrogen and oxygen atoms in total. The van der Waals surface area contributed by atoms with Crippen molar-refractivity contribution in [1.29, 1.82) is 0 Å². The van der Waals surface area contributed by atoms with Crippen molar-refractivity contribution in [2.24, 2.45) is 5.73 Å². The van der Waals surface area contributed by atoms with Crippen LogP contribution < -0.4 is 10.5 Å². The van der Waals surface area contributed by atoms with E-state index >= 15 is 0 Å². The fourth-order valence-corrected chi connectivity index (χ4v) is 1.20. The second-order valence-electron chi connectivity index (χ2n) is 3.01. The molecule has 4 heteroatoms. The molecule has 0 spiro atoms. The van der Waals surface area contributed by atoms with Crippen LogP contribution in [0.1, 0.15) is 18.5 Å². The molecule has 1 aromatic rings. The monoisotopic (exact) mass is 217 g/mol. The molecular formula is C10H16ClNO2. The second-order valence-corrected chi connectivity index (χ2v) is 3.01. The Balaban J connectivity index is 0.00000169. The van der Waals surface area contributed by atoms with E-state index in [0.29, 0.717) is 0 Å². The SMILES string of the molecule is COc1ccccc1C(N)C(C)O.Cl. The van der Waals surface area contributed by atoms with Crippen LogP contribution in [0.4, 0.5) is 0 Å². The summed E-state index contributed by atoms with van der Waals surface area (Å²) in [5.74, 6) is 0.718. The smallest absolute Gasteiger partial charge is 0.123 e. The van der Waals surface area contributed by atoms with Crippen LogP contribution >= 0.6 is 12.4 Å². The van der Waals surface area contributed by atoms with Crippen LogP contribution in [0.5, 0.6) is 5.75 Å². The largest absolute Gasteiger partial charge is 0.496 e. The van der Waals surface area contributed by atoms with Gasteiger partial charge in [0.1, 0.15) is 5.75 Å². The summed E-state index contributed by atoms with van der Waals surface area (Å²) in [6.45, 7) is 1.66. The van der Waals surface area contributed by atoms with Crippen molar-refractivity contribution < 1.29 is 9.84 Å². The Morgan fingerprint density at radius 2 is 1.93 bits per heavy atom. The fraction of sp³-hybridized carbons (Fsp3) is 0.400. The van der Waals surface area contributed by atoms with E-state index in [1.54, 1.807) is 14.0 Å². The summed E-state index contributed by atoms with van der Waals surface area (Å²) in [5.41, 5.74) is 6.62. The van der Waals surface area contributed by atoms with Gasteiger partial charge in [0.2, 0.25) is 0 Å². The Hall–Kier alpha value is -0.770. The van der Waals surface area contributed by atoms with Gasteiger partial charge in [0.25, 0.3) is 0 Å². The molecule has 0 aliphatic carbocycles. The maximum absolute atomic E-state index is 9.31. The first kappa shape index (κ1) is 13.2. The second kappa shape index (κ2) is 5.86. The first-order chi connectivity index (χ1) is 6.16. The third-order valence-corrected chi connectivity index (χ3v) is 2.02. The first-order valence-corrected chi connectivity index (χ1v) is 4.23. The van der Waals surface area contributed by atoms with E-state index in [1.807, 2.05) is 24.3 Å². The van der Waals surface area contributed by atoms with Gasteiger partial charge in [-0.05, 0) is 13.0 Å². The molecule has 3 N–H and O–H groups in total. The van der Waals surface area contributed by atoms with Gasteiger partial charge in [-0.15, -0.1) is 12.4 Å². The van der Waals surface area contributed by atoms with Crippen molar-refractivity contribution in [3.63, 3.8) is 0 Å². The molecule has 0 amide bonds. The predicted octanol–water partition coefficient (Wildman–Crippen LogP) is 1.50. The summed E-state index contributed by atoms with van der Waals surface area (Å²) in [4.78, 5) is 0. The van der Waals surface area contributed by atoms with E-state index in [-0.39, 0.29) is 12.4 Å². The van der Waals surface area contributed by atoms with Crippen molar-refractivity contribution in [2.45, 2.75) is 19.1 Å². The topological polar surface area (TPSA) is 55.5 Å². The summed E-state index contributed by atoms with van der Waals surface area (Å²) in [6, 6.07) is 7.04. The average Bonchev–Trinajstić information content (AvgIpc) is 2.16. The molecule has 2 unspecified atom stereocenters. The van der Waals surface area contributed by atoms with Crippen LogP contribution in [-0.2, 0) is 0 Å². The first-order valence-electron chi connectivity index (χ1n) is 4.23. The summed E-state index contributed by atoms with van der Waals surface area (Å²) >= 11 is 0. The van der Waals surface area contributed by atoms with Crippen LogP contribution in [0.15, 0.2) is 24.3 Å². The highest BCUT2D eigenvalue weighted by atomic mass is 35.5. The Morgan fingerprint density at radius 3 is 2.43 bits per heavy atom. The molecule has 1 aromatic carbocycles. The van der Waals surface area contributed by atoms with Crippen LogP contribution in [0.2, 0.25) is 0 Å². The van der Waals surface area contributed by atoms with Gasteiger partial charge in [-0.3, -0.25) is 0 Å². The summed E-state index contributed by atoms with van der Waals surface area (Å²) in [5, 5.41) is 9.31. The number of ether oxygens (including phenoxy) is 1. The van der Waals surface area contributed by atoms with Crippen LogP contribution in [0.3, 0.4) is 0 Å². The Morgan fingerprint density at radius 1 is 1.36 bits per heavy atom. The van der Waals surface area contributed by atoms with E-state index in [9.17, 15) is 5.11 Å². The number of hydrogen-bond acceptors (Lipinski definition) is 3. The summed E-state index contributed by atoms with van der Waals surface area (Å²) < 4.78 is 5.13. The minimum absolute atomic E-state index is 0. The zero-order valence-corrected chi connectivity index (χ0v) is 9.12. The highest BCUT2D eigenvalue weighted by Gasteiger charge is 2.15. The zero-order valence-electron chi connectivity index (χ0n) is 8.31. The molecule has 0 saturated heterocycles. The van der Waals surface area contributed by atoms with Gasteiger partial charge < -0.3 is 15.6 Å². The number of nitrogens with two attached hydrogens (primary N) is 1. The minimum Gasteiger partial charge on any atom is -0.496 e. The van der Waals surface area contributed by atoms with E-state index < -0.39 is 12.1 Å². The number of halogens is 1. The maximum Gasteiger partial charge on any atom is 0.123 e. The number of aliphatic hydroxyl groups is 1. The van der Waals surface area contributed by atoms with E-state index in [0.717, 1.165) is 11.3 Å². The van der Waals surface area contributed by atoms with Gasteiger partial charge >= 0.3 is 0 Å². The third-order valence-electron chi connectivity index (χ3n) is 2.02. The number of hydrogen-bond donors (Lipinski definition) is 2. The molecule has 0 aliphatic rings. The Kier molecular flexibility index (Phi) is 5.53. The fourth-order valence-electron chi connectivity index (χ4n) is 1.20. The van der Waals surface area contributed by atoms with E-state index in [2.05, 4.69) is 0 Å². The summed E-state index contributed by atoms with van der Waals surface area (Å²) in [6.07, 6.45) is -0.573. The average molecular weight is 218 g/mol. The van der Waals surface area contributed by atoms with Crippen molar-refractivity contribution in [1.82, 2.24) is 0 Å². The van der Waals surface area contributed by atoms with Gasteiger partial charge in [-0.2, -0.15) is 0 Å². The number of methoxy groups -OCH3 is 1. The Bertz CT molecular complexity index is 279. The highest BCUT2D eigenvalue weighted by molar-refractivity contribution is 5.85. The molecule has 0 aromatic heterocycles. The normalized spacial score (nSPS) is 14.0. The molecule has 0 bridgehead atoms. The zero-order chi connectivity index (χ0) is 9.84. The van der Waals surface area contributed by atoms with Gasteiger partial charge in [0.15, 0.2) is 0 Å². The van der Waals surface area contributed by atoms with Crippen LogP contribution in [-0.4, -0.2) is 18.3 Å². The quantitative estimate of drug-likeness (QED) is 0.807. The molecule has 0 radical (unpaired) electrons. The summed E-state index contributed by atoms with van der Waals surface area (Å²) in [7, 11) is 1.59. The molecule has 0 saturated carbocycles. The molecule has 0 fully saturated rings. The van der Waals surface area contributed by atoms with E-state index in [1.165, 1.54) is 0 Å². The van der Waals surface area contributed by atoms with Crippen molar-refractivity contribution in [3.8, 4) is 5.75 Å². The lowest BCUT2D eigenvalue weighted by Crippen LogP contribution is -2.23. The highest BCUT2D eigenvalue weighted by Crippen LogP contribution is 2.24. The molecule has 14 heavy (non-hydrogen) atoms. The molecule has 1 rings (SSSR count). The maximum atomic E-state index is 9.31. The Labute approximate surface area is 90.3 Å². The minimum atomic E-state index is -0.573. The van der Waals surface area contributed by atoms with Crippen LogP contribution in [0.25, 0.3) is 0 Å². The lowest BCUT2D eigenvalue weighted by molar-refractivity contribution is 0.162. The predicted molar refractivity (Wildman–Crippen MR) is 58.9 cm³/mol. The van der Waals surface area contributed by atoms with Crippen molar-refractivity contribution in [2.75, 3.05) is 7.11 Å². The van der Waals surface area contributed by atoms with Gasteiger partial charge in [-0.1, -0.05) is 18.2 Å². The molecule has 80 valence electrons. The molecule has 0 aliphatic heterocycles. The number of aliphatic hydroxyl groups excluding tert-OH is 1. The van der Waals surface area contributed by atoms with Gasteiger partial charge in [-0.25, -0.2) is 0 Å². The standard InChI is InChI=1S/C10H15NO2.ClH/c1-7(12)10(11)8-5-3-4-6-9(8)13-2;/h3-7,10,12H,11H2,1-2H3;1H. The molecular weight excluding hydrogens is 202 g/mol. The van der Waals surface area contributed by atoms with Crippen molar-refractivity contribution >= 4 is 12.4 Å². The number of rotatable bonds is 3. The lowest BCUT2D eigenvalue weighted by Gasteiger charge is -2.17. The lowest BCUT2D eigenvalue weighted by atomic mass is 10.0. The van der Waals surface area contributed by atoms with Gasteiger partial charge in [0, 0.05) is 5.56 Å². The van der Waals surface area contributed by atoms with Crippen molar-refractivity contribution in [3.05, 3.63) is 29.8 Å². The third kappa shape index (κ3) is 2.87. The van der Waals surface area contributed by atoms with Crippen LogP contribution in [0, 0.1) is 0 Å². The molecule has 2 atom stereocenters. The van der Waals surface area contributed by atoms with E-state index in [4.69, 9.17) is 10.5 Å². The van der Waals surface area contributed by atoms with Gasteiger partial charge in [0.05, 0.1) is 19.3 Å². The number of para-hydroxylation sites is 1. The molecule has 0 heterocycles.